The van der Waals surface area contributed by atoms with Gasteiger partial charge >= 0.3 is 47.8 Å². The number of esters is 8. The lowest BCUT2D eigenvalue weighted by Gasteiger charge is -2.31. The van der Waals surface area contributed by atoms with E-state index in [-0.39, 0.29) is 116 Å². The van der Waals surface area contributed by atoms with Crippen molar-refractivity contribution in [2.45, 2.75) is 103 Å². The third-order valence-electron chi connectivity index (χ3n) is 19.6. The standard InChI is InChI=1S/C96H80O16/c1-5-33-69-73-53-75(83(107-91(99)63-41-21-11-22-42-63)57-81(73)105-89(97)61-37-17-9-18-38-61)70(34-6-2)77-55-79(87(111-95(103)67-49-29-15-30-50-67)59-85(77)109-93(101)65-45-25-13-26-46-65)72(36-8-4)80-56-78(86(110-94(102)66-47-27-14-28-48-66)60-88(80)112-96(104)68-51-31-16-32-52-68)71(35-7-3)76-54-74(69)82(106-90(98)62-39-19-10-20-40-62)58-84(76)108-92(100)64-43-23-12-24-44-64/h9-32,37-60,69-72H,5-8,33-36H2,1-4H3. The minimum Gasteiger partial charge on any atom is -0.422 e. The van der Waals surface area contributed by atoms with Crippen molar-refractivity contribution in [2.75, 3.05) is 0 Å². The second-order valence-corrected chi connectivity index (χ2v) is 27.1. The molecule has 0 spiro atoms. The third kappa shape index (κ3) is 17.7. The molecule has 8 bridgehead atoms. The van der Waals surface area contributed by atoms with Gasteiger partial charge in [0.25, 0.3) is 0 Å². The van der Waals surface area contributed by atoms with E-state index < -0.39 is 71.4 Å². The minimum absolute atomic E-state index is 0.0714. The minimum atomic E-state index is -1.000. The largest absolute Gasteiger partial charge is 0.422 e. The van der Waals surface area contributed by atoms with Crippen LogP contribution in [-0.2, 0) is 0 Å². The van der Waals surface area contributed by atoms with Gasteiger partial charge in [-0.1, -0.05) is 199 Å². The predicted octanol–water partition coefficient (Wildman–Crippen LogP) is 21.5. The molecule has 1 aliphatic rings. The molecule has 0 saturated carbocycles. The Balaban J connectivity index is 1.22. The molecule has 112 heavy (non-hydrogen) atoms. The fraction of sp³-hybridized carbons (Fsp3) is 0.167. The highest BCUT2D eigenvalue weighted by Crippen LogP contribution is 2.54. The zero-order valence-corrected chi connectivity index (χ0v) is 62.2. The summed E-state index contributed by atoms with van der Waals surface area (Å²) < 4.78 is 53.9. The van der Waals surface area contributed by atoms with Crippen LogP contribution in [0.5, 0.6) is 46.0 Å². The summed E-state index contributed by atoms with van der Waals surface area (Å²) in [7, 11) is 0. The number of benzene rings is 12. The van der Waals surface area contributed by atoms with Gasteiger partial charge in [-0.3, -0.25) is 0 Å². The first-order valence-electron chi connectivity index (χ1n) is 37.6. The van der Waals surface area contributed by atoms with Crippen LogP contribution in [0.1, 0.15) is 230 Å². The van der Waals surface area contributed by atoms with Crippen LogP contribution in [0.25, 0.3) is 0 Å². The molecule has 0 fully saturated rings. The van der Waals surface area contributed by atoms with Crippen molar-refractivity contribution in [3.05, 3.63) is 380 Å². The maximum atomic E-state index is 15.1. The molecule has 0 radical (unpaired) electrons. The number of hydrogen-bond acceptors (Lipinski definition) is 16. The summed E-state index contributed by atoms with van der Waals surface area (Å²) in [4.78, 5) is 121. The molecule has 0 N–H and O–H groups in total. The van der Waals surface area contributed by atoms with E-state index in [1.165, 1.54) is 24.3 Å². The van der Waals surface area contributed by atoms with Crippen molar-refractivity contribution in [1.82, 2.24) is 0 Å². The fourth-order valence-electron chi connectivity index (χ4n) is 14.2. The molecule has 0 atom stereocenters. The number of carbonyl (C=O) groups is 8. The molecule has 0 aliphatic heterocycles. The molecule has 12 aromatic carbocycles. The number of rotatable bonds is 24. The maximum absolute atomic E-state index is 15.1. The van der Waals surface area contributed by atoms with Gasteiger partial charge in [0, 0.05) is 92.4 Å². The molecule has 560 valence electrons. The van der Waals surface area contributed by atoms with E-state index in [1.54, 1.807) is 243 Å². The second-order valence-electron chi connectivity index (χ2n) is 27.1. The van der Waals surface area contributed by atoms with Gasteiger partial charge in [-0.05, 0) is 147 Å². The Hall–Kier alpha value is -13.6. The van der Waals surface area contributed by atoms with E-state index >= 15 is 38.4 Å². The first-order chi connectivity index (χ1) is 54.7. The van der Waals surface area contributed by atoms with E-state index in [9.17, 15) is 0 Å². The molecule has 12 aromatic rings. The molecule has 0 aromatic heterocycles. The highest BCUT2D eigenvalue weighted by atomic mass is 16.6. The lowest BCUT2D eigenvalue weighted by Crippen LogP contribution is -2.20. The van der Waals surface area contributed by atoms with Crippen LogP contribution in [-0.4, -0.2) is 47.8 Å². The fourth-order valence-corrected chi connectivity index (χ4v) is 14.2. The molecule has 1 aliphatic carbocycles. The quantitative estimate of drug-likeness (QED) is 0.0407. The predicted molar refractivity (Wildman–Crippen MR) is 424 cm³/mol. The zero-order valence-electron chi connectivity index (χ0n) is 62.2. The van der Waals surface area contributed by atoms with Crippen molar-refractivity contribution in [3.8, 4) is 46.0 Å². The van der Waals surface area contributed by atoms with Crippen LogP contribution in [0, 0.1) is 0 Å². The van der Waals surface area contributed by atoms with Crippen LogP contribution < -0.4 is 37.9 Å². The summed E-state index contributed by atoms with van der Waals surface area (Å²) in [5, 5.41) is 0. The smallest absolute Gasteiger partial charge is 0.343 e. The van der Waals surface area contributed by atoms with Gasteiger partial charge in [0.2, 0.25) is 0 Å². The Morgan fingerprint density at radius 3 is 0.411 bits per heavy atom. The normalized spacial score (nSPS) is 14.1. The molecule has 0 unspecified atom stereocenters. The highest BCUT2D eigenvalue weighted by molar-refractivity contribution is 5.97. The van der Waals surface area contributed by atoms with Gasteiger partial charge in [-0.2, -0.15) is 0 Å². The van der Waals surface area contributed by atoms with Crippen LogP contribution in [0.15, 0.2) is 291 Å². The summed E-state index contributed by atoms with van der Waals surface area (Å²) in [6.45, 7) is 7.86. The van der Waals surface area contributed by atoms with E-state index in [2.05, 4.69) is 0 Å². The lowest BCUT2D eigenvalue weighted by molar-refractivity contribution is 0.0710. The molecular weight excluding hydrogens is 1410 g/mol. The molecule has 0 heterocycles. The summed E-state index contributed by atoms with van der Waals surface area (Å²) in [6, 6.07) is 80.2. The molecular formula is C96H80O16. The Bertz CT molecular complexity index is 4410. The number of ether oxygens (including phenoxy) is 8. The number of hydrogen-bond donors (Lipinski definition) is 0. The molecule has 16 heteroatoms. The number of fused-ring (bicyclic) bond motifs is 8. The Kier molecular flexibility index (Phi) is 24.7. The molecule has 13 rings (SSSR count). The van der Waals surface area contributed by atoms with E-state index in [4.69, 9.17) is 37.9 Å². The summed E-state index contributed by atoms with van der Waals surface area (Å²) in [5.74, 6) is -10.8. The van der Waals surface area contributed by atoms with Gasteiger partial charge in [0.1, 0.15) is 46.0 Å². The van der Waals surface area contributed by atoms with Crippen molar-refractivity contribution in [1.29, 1.82) is 0 Å². The maximum Gasteiger partial charge on any atom is 0.343 e. The Labute approximate surface area is 649 Å². The van der Waals surface area contributed by atoms with Gasteiger partial charge in [0.05, 0.1) is 44.5 Å². The first kappa shape index (κ1) is 76.6. The van der Waals surface area contributed by atoms with Crippen LogP contribution in [0.3, 0.4) is 0 Å². The summed E-state index contributed by atoms with van der Waals surface area (Å²) in [6.07, 6.45) is 2.50. The highest BCUT2D eigenvalue weighted by Gasteiger charge is 2.38. The van der Waals surface area contributed by atoms with Crippen LogP contribution in [0.4, 0.5) is 0 Å². The van der Waals surface area contributed by atoms with Gasteiger partial charge in [-0.25, -0.2) is 38.4 Å². The monoisotopic (exact) mass is 1490 g/mol. The van der Waals surface area contributed by atoms with Crippen molar-refractivity contribution >= 4 is 47.8 Å². The van der Waals surface area contributed by atoms with Crippen molar-refractivity contribution in [2.24, 2.45) is 0 Å². The summed E-state index contributed by atoms with van der Waals surface area (Å²) in [5.41, 5.74) is 3.97. The Morgan fingerprint density at radius 1 is 0.188 bits per heavy atom. The number of carbonyl (C=O) groups excluding carboxylic acids is 8. The second kappa shape index (κ2) is 36.1. The molecule has 16 nitrogen and oxygen atoms in total. The van der Waals surface area contributed by atoms with Crippen LogP contribution in [0.2, 0.25) is 0 Å². The van der Waals surface area contributed by atoms with E-state index in [1.807, 2.05) is 52.0 Å². The first-order valence-corrected chi connectivity index (χ1v) is 37.6. The molecule has 0 saturated heterocycles. The average molecular weight is 1490 g/mol. The van der Waals surface area contributed by atoms with Crippen LogP contribution >= 0.6 is 0 Å². The zero-order chi connectivity index (χ0) is 78.0. The topological polar surface area (TPSA) is 210 Å². The van der Waals surface area contributed by atoms with Gasteiger partial charge < -0.3 is 37.9 Å². The van der Waals surface area contributed by atoms with Gasteiger partial charge in [-0.15, -0.1) is 0 Å². The van der Waals surface area contributed by atoms with Crippen molar-refractivity contribution in [3.63, 3.8) is 0 Å². The van der Waals surface area contributed by atoms with Crippen molar-refractivity contribution < 1.29 is 76.3 Å². The lowest BCUT2D eigenvalue weighted by atomic mass is 9.76. The van der Waals surface area contributed by atoms with Gasteiger partial charge in [0.15, 0.2) is 0 Å². The summed E-state index contributed by atoms with van der Waals surface area (Å²) >= 11 is 0. The van der Waals surface area contributed by atoms with E-state index in [0.29, 0.717) is 70.2 Å². The van der Waals surface area contributed by atoms with E-state index in [0.717, 1.165) is 0 Å². The SMILES string of the molecule is CCCC1c2cc(c(OC(=O)c3ccccc3)cc2OC(=O)c2ccccc2)C(CCC)c2cc(c(OC(=O)c3ccccc3)cc2OC(=O)c2ccccc2)C(CCC)c2cc(c(OC(=O)c3ccccc3)cc2OC(=O)c2ccccc2)C(CCC)c2cc1c(OC(=O)c1ccccc1)cc2OC(=O)c1ccccc1. The third-order valence-corrected chi connectivity index (χ3v) is 19.6. The Morgan fingerprint density at radius 2 is 0.304 bits per heavy atom. The average Bonchev–Trinajstić information content (AvgIpc) is 0.742. The molecule has 0 amide bonds.